The van der Waals surface area contributed by atoms with E-state index in [1.807, 2.05) is 0 Å². The molecule has 1 aromatic rings. The molecule has 2 aliphatic rings. The number of sulfone groups is 1. The second-order valence-electron chi connectivity index (χ2n) is 7.37. The lowest BCUT2D eigenvalue weighted by Crippen LogP contribution is -2.62. The first-order chi connectivity index (χ1) is 12.4. The number of carbonyl (C=O) groups is 1. The Hall–Kier alpha value is -1.44. The minimum Gasteiger partial charge on any atom is -0.379 e. The third-order valence-corrected chi connectivity index (χ3v) is 6.70. The number of benzene rings is 1. The monoisotopic (exact) mass is 380 g/mol. The fourth-order valence-corrected chi connectivity index (χ4v) is 4.37. The van der Waals surface area contributed by atoms with Crippen LogP contribution in [0, 0.1) is 0 Å². The largest absolute Gasteiger partial charge is 0.379 e. The van der Waals surface area contributed by atoms with Gasteiger partial charge >= 0.3 is 0 Å². The van der Waals surface area contributed by atoms with E-state index in [9.17, 15) is 13.2 Å². The first kappa shape index (κ1) is 19.3. The van der Waals surface area contributed by atoms with E-state index in [1.165, 1.54) is 12.7 Å². The molecule has 1 saturated heterocycles. The molecule has 26 heavy (non-hydrogen) atoms. The number of aryl methyl sites for hydroxylation is 1. The smallest absolute Gasteiger partial charge is 0.220 e. The van der Waals surface area contributed by atoms with Crippen LogP contribution >= 0.6 is 0 Å². The van der Waals surface area contributed by atoms with Crippen molar-refractivity contribution < 1.29 is 17.9 Å². The zero-order valence-electron chi connectivity index (χ0n) is 15.4. The molecule has 0 radical (unpaired) electrons. The third-order valence-electron chi connectivity index (χ3n) is 5.57. The number of nitrogens with one attached hydrogen (secondary N) is 1. The van der Waals surface area contributed by atoms with E-state index in [1.54, 1.807) is 24.3 Å². The normalized spacial score (nSPS) is 20.3. The Morgan fingerprint density at radius 2 is 1.85 bits per heavy atom. The predicted molar refractivity (Wildman–Crippen MR) is 99.9 cm³/mol. The zero-order valence-corrected chi connectivity index (χ0v) is 16.2. The van der Waals surface area contributed by atoms with Crippen LogP contribution in [0.3, 0.4) is 0 Å². The van der Waals surface area contributed by atoms with Gasteiger partial charge in [0, 0.05) is 37.8 Å². The van der Waals surface area contributed by atoms with E-state index in [-0.39, 0.29) is 11.4 Å². The molecule has 0 spiro atoms. The van der Waals surface area contributed by atoms with Crippen LogP contribution in [-0.4, -0.2) is 63.9 Å². The van der Waals surface area contributed by atoms with Crippen molar-refractivity contribution in [2.45, 2.75) is 42.5 Å². The molecule has 3 rings (SSSR count). The lowest BCUT2D eigenvalue weighted by Gasteiger charge is -2.51. The summed E-state index contributed by atoms with van der Waals surface area (Å²) < 4.78 is 28.4. The summed E-state index contributed by atoms with van der Waals surface area (Å²) in [5.74, 6) is 0.0525. The first-order valence-electron chi connectivity index (χ1n) is 9.28. The topological polar surface area (TPSA) is 75.7 Å². The van der Waals surface area contributed by atoms with Crippen LogP contribution in [0.25, 0.3) is 0 Å². The van der Waals surface area contributed by atoms with E-state index >= 15 is 0 Å². The summed E-state index contributed by atoms with van der Waals surface area (Å²) in [7, 11) is -3.18. The number of rotatable bonds is 7. The maximum Gasteiger partial charge on any atom is 0.220 e. The van der Waals surface area contributed by atoms with Crippen LogP contribution in [0.2, 0.25) is 0 Å². The third kappa shape index (κ3) is 4.64. The van der Waals surface area contributed by atoms with Crippen molar-refractivity contribution in [3.8, 4) is 0 Å². The number of carbonyl (C=O) groups excluding carboxylic acids is 1. The molecule has 1 amide bonds. The Bertz CT molecular complexity index is 720. The quantitative estimate of drug-likeness (QED) is 0.774. The van der Waals surface area contributed by atoms with Crippen molar-refractivity contribution in [2.24, 2.45) is 0 Å². The maximum absolute atomic E-state index is 12.3. The van der Waals surface area contributed by atoms with Crippen molar-refractivity contribution in [1.82, 2.24) is 10.2 Å². The Kier molecular flexibility index (Phi) is 5.99. The van der Waals surface area contributed by atoms with E-state index in [2.05, 4.69) is 10.2 Å². The standard InChI is InChI=1S/C19H28N2O4S/c1-26(23,24)17-6-3-16(4-7-17)5-8-18(22)20-15-19(9-2-10-19)21-11-13-25-14-12-21/h3-4,6-7H,2,5,8-15H2,1H3,(H,20,22). The van der Waals surface area contributed by atoms with E-state index in [4.69, 9.17) is 4.74 Å². The Morgan fingerprint density at radius 3 is 2.38 bits per heavy atom. The lowest BCUT2D eigenvalue weighted by molar-refractivity contribution is -0.123. The van der Waals surface area contributed by atoms with Gasteiger partial charge in [0.05, 0.1) is 18.1 Å². The molecule has 0 unspecified atom stereocenters. The summed E-state index contributed by atoms with van der Waals surface area (Å²) in [4.78, 5) is 15.0. The van der Waals surface area contributed by atoms with Gasteiger partial charge in [-0.25, -0.2) is 8.42 Å². The molecule has 1 heterocycles. The van der Waals surface area contributed by atoms with Gasteiger partial charge in [-0.15, -0.1) is 0 Å². The van der Waals surface area contributed by atoms with Gasteiger partial charge in [0.25, 0.3) is 0 Å². The molecular formula is C19H28N2O4S. The molecule has 7 heteroatoms. The average molecular weight is 381 g/mol. The van der Waals surface area contributed by atoms with Crippen molar-refractivity contribution in [1.29, 1.82) is 0 Å². The average Bonchev–Trinajstić information content (AvgIpc) is 2.59. The molecule has 6 nitrogen and oxygen atoms in total. The Labute approximate surface area is 155 Å². The number of amides is 1. The minimum atomic E-state index is -3.18. The summed E-state index contributed by atoms with van der Waals surface area (Å²) in [5, 5.41) is 3.11. The molecule has 1 saturated carbocycles. The fourth-order valence-electron chi connectivity index (χ4n) is 3.74. The van der Waals surface area contributed by atoms with Gasteiger partial charge in [-0.05, 0) is 43.4 Å². The highest BCUT2D eigenvalue weighted by Crippen LogP contribution is 2.37. The molecule has 0 bridgehead atoms. The second kappa shape index (κ2) is 8.06. The van der Waals surface area contributed by atoms with Gasteiger partial charge < -0.3 is 10.1 Å². The molecule has 2 fully saturated rings. The highest BCUT2D eigenvalue weighted by Gasteiger charge is 2.42. The van der Waals surface area contributed by atoms with Crippen LogP contribution in [0.15, 0.2) is 29.2 Å². The van der Waals surface area contributed by atoms with Crippen molar-refractivity contribution in [3.05, 3.63) is 29.8 Å². The van der Waals surface area contributed by atoms with Crippen LogP contribution in [0.4, 0.5) is 0 Å². The summed E-state index contributed by atoms with van der Waals surface area (Å²) in [5.41, 5.74) is 1.09. The van der Waals surface area contributed by atoms with E-state index in [0.717, 1.165) is 44.7 Å². The first-order valence-corrected chi connectivity index (χ1v) is 11.2. The van der Waals surface area contributed by atoms with Gasteiger partial charge in [0.15, 0.2) is 9.84 Å². The number of nitrogens with zero attached hydrogens (tertiary/aromatic N) is 1. The summed E-state index contributed by atoms with van der Waals surface area (Å²) >= 11 is 0. The van der Waals surface area contributed by atoms with Gasteiger partial charge in [-0.1, -0.05) is 12.1 Å². The molecule has 1 aliphatic heterocycles. The molecule has 1 N–H and O–H groups in total. The van der Waals surface area contributed by atoms with Gasteiger partial charge in [-0.3, -0.25) is 9.69 Å². The van der Waals surface area contributed by atoms with E-state index < -0.39 is 9.84 Å². The summed E-state index contributed by atoms with van der Waals surface area (Å²) in [6.45, 7) is 4.16. The number of hydrogen-bond donors (Lipinski definition) is 1. The molecule has 0 atom stereocenters. The minimum absolute atomic E-state index is 0.0525. The fraction of sp³-hybridized carbons (Fsp3) is 0.632. The van der Waals surface area contributed by atoms with Crippen molar-refractivity contribution >= 4 is 15.7 Å². The predicted octanol–water partition coefficient (Wildman–Crippen LogP) is 1.39. The van der Waals surface area contributed by atoms with Crippen LogP contribution in [0.1, 0.15) is 31.2 Å². The van der Waals surface area contributed by atoms with E-state index in [0.29, 0.717) is 24.3 Å². The van der Waals surface area contributed by atoms with Gasteiger partial charge in [0.1, 0.15) is 0 Å². The number of hydrogen-bond acceptors (Lipinski definition) is 5. The van der Waals surface area contributed by atoms with Crippen molar-refractivity contribution in [3.63, 3.8) is 0 Å². The highest BCUT2D eigenvalue weighted by molar-refractivity contribution is 7.90. The van der Waals surface area contributed by atoms with Crippen LogP contribution in [0.5, 0.6) is 0 Å². The molecule has 1 aromatic carbocycles. The van der Waals surface area contributed by atoms with Crippen molar-refractivity contribution in [2.75, 3.05) is 39.1 Å². The number of ether oxygens (including phenoxy) is 1. The highest BCUT2D eigenvalue weighted by atomic mass is 32.2. The molecular weight excluding hydrogens is 352 g/mol. The zero-order chi connectivity index (χ0) is 18.6. The maximum atomic E-state index is 12.3. The molecule has 1 aliphatic carbocycles. The SMILES string of the molecule is CS(=O)(=O)c1ccc(CCC(=O)NCC2(N3CCOCC3)CCC2)cc1. The lowest BCUT2D eigenvalue weighted by atomic mass is 9.75. The molecule has 144 valence electrons. The van der Waals surface area contributed by atoms with Gasteiger partial charge in [0.2, 0.25) is 5.91 Å². The second-order valence-corrected chi connectivity index (χ2v) is 9.39. The number of morpholine rings is 1. The van der Waals surface area contributed by atoms with Gasteiger partial charge in [-0.2, -0.15) is 0 Å². The summed E-state index contributed by atoms with van der Waals surface area (Å²) in [6.07, 6.45) is 5.72. The Balaban J connectivity index is 1.46. The van der Waals surface area contributed by atoms with Crippen LogP contribution < -0.4 is 5.32 Å². The molecule has 0 aromatic heterocycles. The summed E-state index contributed by atoms with van der Waals surface area (Å²) in [6, 6.07) is 6.77. The Morgan fingerprint density at radius 1 is 1.19 bits per heavy atom. The van der Waals surface area contributed by atoms with Crippen LogP contribution in [-0.2, 0) is 25.8 Å².